The van der Waals surface area contributed by atoms with Crippen molar-refractivity contribution in [3.05, 3.63) is 0 Å². The third-order valence-electron chi connectivity index (χ3n) is 26.3. The molecule has 0 aromatic rings. The van der Waals surface area contributed by atoms with Crippen LogP contribution < -0.4 is 21.3 Å². The molecule has 8 aliphatic carbocycles. The standard InChI is InChI=1S/C68H112N8O8/c1-43-13-11-31-69-61(81)39-73(45(3)77)33-35-75(47(5)79)41-64(84)72-52-24-28-66(8)50(38-52)16-18-54-58-22-20-56(68(58,10)30-26-60(54)66)44(2)14-12-32-70-62(82)40-74(46(4)78)34-36-76(48(6)80)42-63(83)71-51-23-27-65(7)49(37-51)15-17-53-57-21-19-55(43)67(57,9)29-25-59(53)65/h43-44,49-60H,11-42H2,1-10H3,(H,69,81)(H,70,82)(H,71,83)(H,72,84)/t43-,44-,49-,50-,51-,52-,53+,54+,55-,56-,57+,58+,59+,60+,65+,66+,67-,68-/m1/s1. The normalized spacial score (nSPS) is 41.9. The highest BCUT2D eigenvalue weighted by molar-refractivity contribution is 5.86. The number of carbonyl (C=O) groups is 8. The third kappa shape index (κ3) is 13.6. The molecule has 16 fully saturated rings. The summed E-state index contributed by atoms with van der Waals surface area (Å²) in [7, 11) is 0. The maximum atomic E-state index is 13.7. The smallest absolute Gasteiger partial charge is 0.239 e. The number of rotatable bonds is 0. The lowest BCUT2D eigenvalue weighted by molar-refractivity contribution is -0.138. The van der Waals surface area contributed by atoms with Crippen LogP contribution in [0.1, 0.15) is 210 Å². The number of amides is 8. The van der Waals surface area contributed by atoms with Gasteiger partial charge < -0.3 is 40.9 Å². The lowest BCUT2D eigenvalue weighted by Crippen LogP contribution is -2.56. The molecular formula is C68H112N8O8. The molecule has 0 aromatic carbocycles. The van der Waals surface area contributed by atoms with Crippen molar-refractivity contribution in [2.24, 2.45) is 92.7 Å². The topological polar surface area (TPSA) is 198 Å². The third-order valence-corrected chi connectivity index (χ3v) is 26.3. The highest BCUT2D eigenvalue weighted by Gasteiger charge is 2.62. The zero-order valence-electron chi connectivity index (χ0n) is 53.8. The second-order valence-corrected chi connectivity index (χ2v) is 30.5. The summed E-state index contributed by atoms with van der Waals surface area (Å²) in [6.07, 6.45) is 24.6. The van der Waals surface area contributed by atoms with Gasteiger partial charge >= 0.3 is 0 Å². The van der Waals surface area contributed by atoms with E-state index >= 15 is 0 Å². The van der Waals surface area contributed by atoms with Crippen LogP contribution in [0.25, 0.3) is 0 Å². The molecule has 472 valence electrons. The summed E-state index contributed by atoms with van der Waals surface area (Å²) in [5.74, 6) is 5.94. The Morgan fingerprint density at radius 1 is 0.381 bits per heavy atom. The predicted octanol–water partition coefficient (Wildman–Crippen LogP) is 8.75. The lowest BCUT2D eigenvalue weighted by atomic mass is 9.44. The molecule has 16 heteroatoms. The molecule has 8 aliphatic heterocycles. The maximum absolute atomic E-state index is 13.7. The monoisotopic (exact) mass is 1170 g/mol. The number of nitrogens with zero attached hydrogens (tertiary/aromatic N) is 4. The van der Waals surface area contributed by atoms with Crippen LogP contribution in [-0.2, 0) is 38.4 Å². The van der Waals surface area contributed by atoms with Crippen LogP contribution >= 0.6 is 0 Å². The highest BCUT2D eigenvalue weighted by atomic mass is 16.2. The minimum absolute atomic E-state index is 0.0641. The number of carbonyl (C=O) groups excluding carboxylic acids is 8. The molecule has 16 nitrogen and oxygen atoms in total. The van der Waals surface area contributed by atoms with Gasteiger partial charge in [-0.25, -0.2) is 0 Å². The Morgan fingerprint density at radius 2 is 0.690 bits per heavy atom. The summed E-state index contributed by atoms with van der Waals surface area (Å²) < 4.78 is 0. The molecule has 16 aliphatic rings. The first-order chi connectivity index (χ1) is 39.8. The summed E-state index contributed by atoms with van der Waals surface area (Å²) in [5.41, 5.74) is 1.07. The van der Waals surface area contributed by atoms with E-state index in [2.05, 4.69) is 62.8 Å². The molecule has 0 radical (unpaired) electrons. The summed E-state index contributed by atoms with van der Waals surface area (Å²) in [5, 5.41) is 12.9. The molecule has 8 saturated carbocycles. The fourth-order valence-electron chi connectivity index (χ4n) is 21.7. The van der Waals surface area contributed by atoms with Gasteiger partial charge in [-0.3, -0.25) is 38.4 Å². The van der Waals surface area contributed by atoms with Crippen LogP contribution in [-0.4, -0.2) is 144 Å². The average Bonchev–Trinajstić information content (AvgIpc) is 1.35. The van der Waals surface area contributed by atoms with Crippen LogP contribution in [0.4, 0.5) is 0 Å². The molecular weight excluding hydrogens is 1060 g/mol. The van der Waals surface area contributed by atoms with Crippen LogP contribution in [0.3, 0.4) is 0 Å². The van der Waals surface area contributed by atoms with E-state index in [1.54, 1.807) is 0 Å². The van der Waals surface area contributed by atoms with Crippen LogP contribution in [0, 0.1) is 92.7 Å². The van der Waals surface area contributed by atoms with Crippen molar-refractivity contribution in [3.8, 4) is 0 Å². The van der Waals surface area contributed by atoms with Gasteiger partial charge in [0.05, 0.1) is 26.2 Å². The molecule has 0 spiro atoms. The Bertz CT molecular complexity index is 2260. The van der Waals surface area contributed by atoms with Gasteiger partial charge in [0.15, 0.2) is 0 Å². The van der Waals surface area contributed by atoms with Gasteiger partial charge in [-0.05, 0) is 234 Å². The van der Waals surface area contributed by atoms with E-state index in [0.29, 0.717) is 94.9 Å². The first-order valence-corrected chi connectivity index (χ1v) is 34.0. The SMILES string of the molecule is CC(=O)N1CCN(C(C)=O)CC(=O)N[C@@H]2CC[C@@]3(C)[C@H](CC[C@@H]4[C@@H]3CC[C@]3(C)[C@H](CC[C@@H]43)[C@H](C)CCCNC(=O)CN(C(C)=O)CCN(C(C)=O)CC(=O)N[C@@H]3CC[C@@]4(C)[C@H](CC[C@@H]5[C@@H]4CC[C@]4(C)[C@H](CC[C@@H]54)[C@H](C)CCCNC(=O)C1)C3)C2. The summed E-state index contributed by atoms with van der Waals surface area (Å²) >= 11 is 0. The van der Waals surface area contributed by atoms with Gasteiger partial charge in [0.2, 0.25) is 47.3 Å². The number of hydrogen-bond acceptors (Lipinski definition) is 8. The molecule has 0 aromatic heterocycles. The lowest BCUT2D eigenvalue weighted by Gasteiger charge is -2.61. The maximum Gasteiger partial charge on any atom is 0.239 e. The van der Waals surface area contributed by atoms with Crippen molar-refractivity contribution >= 4 is 47.3 Å². The second-order valence-electron chi connectivity index (χ2n) is 30.5. The van der Waals surface area contributed by atoms with Gasteiger partial charge in [-0.1, -0.05) is 41.5 Å². The average molecular weight is 1170 g/mol. The summed E-state index contributed by atoms with van der Waals surface area (Å²) in [6, 6.07) is 0.128. The molecule has 8 saturated heterocycles. The zero-order valence-corrected chi connectivity index (χ0v) is 53.8. The van der Waals surface area contributed by atoms with E-state index in [-0.39, 0.29) is 123 Å². The molecule has 8 amide bonds. The van der Waals surface area contributed by atoms with E-state index in [9.17, 15) is 38.4 Å². The summed E-state index contributed by atoms with van der Waals surface area (Å²) in [6.45, 7) is 22.4. The Hall–Kier alpha value is -4.24. The van der Waals surface area contributed by atoms with Crippen LogP contribution in [0.2, 0.25) is 0 Å². The van der Waals surface area contributed by atoms with Gasteiger partial charge in [0, 0.05) is 79.0 Å². The fourth-order valence-corrected chi connectivity index (χ4v) is 21.7. The summed E-state index contributed by atoms with van der Waals surface area (Å²) in [4.78, 5) is 112. The fraction of sp³-hybridized carbons (Fsp3) is 0.882. The van der Waals surface area contributed by atoms with E-state index in [1.165, 1.54) is 124 Å². The van der Waals surface area contributed by atoms with Gasteiger partial charge in [-0.2, -0.15) is 0 Å². The Morgan fingerprint density at radius 3 is 1.04 bits per heavy atom. The number of nitrogens with one attached hydrogen (secondary N) is 4. The largest absolute Gasteiger partial charge is 0.355 e. The Balaban J connectivity index is 0.836. The first kappa shape index (κ1) is 64.2. The highest BCUT2D eigenvalue weighted by Crippen LogP contribution is 2.70. The van der Waals surface area contributed by atoms with Crippen molar-refractivity contribution in [2.45, 2.75) is 223 Å². The van der Waals surface area contributed by atoms with Crippen LogP contribution in [0.15, 0.2) is 0 Å². The molecule has 4 N–H and O–H groups in total. The zero-order chi connectivity index (χ0) is 60.5. The van der Waals surface area contributed by atoms with Crippen molar-refractivity contribution in [2.75, 3.05) is 65.4 Å². The molecule has 84 heavy (non-hydrogen) atoms. The van der Waals surface area contributed by atoms with E-state index in [4.69, 9.17) is 0 Å². The molecule has 8 heterocycles. The molecule has 16 rings (SSSR count). The second kappa shape index (κ2) is 26.6. The quantitative estimate of drug-likeness (QED) is 0.185. The van der Waals surface area contributed by atoms with Crippen molar-refractivity contribution < 1.29 is 38.4 Å². The van der Waals surface area contributed by atoms with Crippen molar-refractivity contribution in [1.82, 2.24) is 40.9 Å². The van der Waals surface area contributed by atoms with Crippen LogP contribution in [0.5, 0.6) is 0 Å². The van der Waals surface area contributed by atoms with Crippen molar-refractivity contribution in [3.63, 3.8) is 0 Å². The predicted molar refractivity (Wildman–Crippen MR) is 326 cm³/mol. The van der Waals surface area contributed by atoms with E-state index < -0.39 is 0 Å². The van der Waals surface area contributed by atoms with Gasteiger partial charge in [0.25, 0.3) is 0 Å². The molecule has 18 atom stereocenters. The van der Waals surface area contributed by atoms with Gasteiger partial charge in [-0.15, -0.1) is 0 Å². The molecule has 16 bridgehead atoms. The Kier molecular flexibility index (Phi) is 20.4. The molecule has 0 unspecified atom stereocenters. The van der Waals surface area contributed by atoms with E-state index in [1.807, 2.05) is 0 Å². The van der Waals surface area contributed by atoms with E-state index in [0.717, 1.165) is 64.2 Å². The minimum Gasteiger partial charge on any atom is -0.355 e. The minimum atomic E-state index is -0.238. The van der Waals surface area contributed by atoms with Gasteiger partial charge in [0.1, 0.15) is 0 Å². The Labute approximate surface area is 505 Å². The first-order valence-electron chi connectivity index (χ1n) is 34.0. The number of hydrogen-bond donors (Lipinski definition) is 4. The van der Waals surface area contributed by atoms with Crippen molar-refractivity contribution in [1.29, 1.82) is 0 Å².